The molecule has 1 aromatic carbocycles. The zero-order chi connectivity index (χ0) is 11.0. The first-order chi connectivity index (χ1) is 7.08. The van der Waals surface area contributed by atoms with Crippen molar-refractivity contribution >= 4 is 28.5 Å². The summed E-state index contributed by atoms with van der Waals surface area (Å²) in [6.07, 6.45) is 1.21. The molecule has 1 heterocycles. The highest BCUT2D eigenvalue weighted by Gasteiger charge is 2.07. The lowest BCUT2D eigenvalue weighted by atomic mass is 10.1. The van der Waals surface area contributed by atoms with Crippen LogP contribution in [0.5, 0.6) is 0 Å². The molecular formula is C10H5ClFNO2. The Morgan fingerprint density at radius 1 is 1.40 bits per heavy atom. The summed E-state index contributed by atoms with van der Waals surface area (Å²) < 4.78 is 13.1. The Labute approximate surface area is 89.1 Å². The molecule has 0 radical (unpaired) electrons. The lowest BCUT2D eigenvalue weighted by Crippen LogP contribution is -1.97. The van der Waals surface area contributed by atoms with E-state index >= 15 is 0 Å². The second kappa shape index (κ2) is 3.47. The van der Waals surface area contributed by atoms with Crippen molar-refractivity contribution in [3.05, 3.63) is 40.8 Å². The van der Waals surface area contributed by atoms with E-state index in [2.05, 4.69) is 4.98 Å². The van der Waals surface area contributed by atoms with E-state index in [4.69, 9.17) is 16.7 Å². The first kappa shape index (κ1) is 9.86. The summed E-state index contributed by atoms with van der Waals surface area (Å²) in [6.45, 7) is 0. The van der Waals surface area contributed by atoms with Gasteiger partial charge in [-0.25, -0.2) is 9.18 Å². The maximum Gasteiger partial charge on any atom is 0.337 e. The van der Waals surface area contributed by atoms with Crippen LogP contribution in [-0.4, -0.2) is 16.1 Å². The predicted octanol–water partition coefficient (Wildman–Crippen LogP) is 2.73. The van der Waals surface area contributed by atoms with Gasteiger partial charge in [0.25, 0.3) is 0 Å². The normalized spacial score (nSPS) is 10.5. The maximum absolute atomic E-state index is 13.1. The zero-order valence-corrected chi connectivity index (χ0v) is 8.12. The Morgan fingerprint density at radius 3 is 2.80 bits per heavy atom. The van der Waals surface area contributed by atoms with Gasteiger partial charge in [0, 0.05) is 11.6 Å². The number of rotatable bonds is 1. The van der Waals surface area contributed by atoms with Crippen LogP contribution in [0.4, 0.5) is 4.39 Å². The summed E-state index contributed by atoms with van der Waals surface area (Å²) in [4.78, 5) is 14.5. The second-order valence-corrected chi connectivity index (χ2v) is 3.40. The molecule has 2 aromatic rings. The number of carbonyl (C=O) groups is 1. The van der Waals surface area contributed by atoms with Crippen molar-refractivity contribution in [3.63, 3.8) is 0 Å². The highest BCUT2D eigenvalue weighted by atomic mass is 35.5. The summed E-state index contributed by atoms with van der Waals surface area (Å²) in [6, 6.07) is 3.87. The number of aromatic nitrogens is 1. The van der Waals surface area contributed by atoms with Gasteiger partial charge in [0.15, 0.2) is 0 Å². The molecule has 0 aliphatic carbocycles. The van der Waals surface area contributed by atoms with Crippen LogP contribution in [0, 0.1) is 5.82 Å². The van der Waals surface area contributed by atoms with Gasteiger partial charge in [0.05, 0.1) is 16.1 Å². The number of aromatic carboxylic acids is 1. The number of hydrogen-bond donors (Lipinski definition) is 1. The molecule has 5 heteroatoms. The fourth-order valence-corrected chi connectivity index (χ4v) is 1.40. The molecule has 0 atom stereocenters. The monoisotopic (exact) mass is 225 g/mol. The third-order valence-corrected chi connectivity index (χ3v) is 2.26. The topological polar surface area (TPSA) is 50.2 Å². The van der Waals surface area contributed by atoms with Crippen LogP contribution >= 0.6 is 11.6 Å². The lowest BCUT2D eigenvalue weighted by Gasteiger charge is -2.00. The van der Waals surface area contributed by atoms with Crippen molar-refractivity contribution in [1.29, 1.82) is 0 Å². The van der Waals surface area contributed by atoms with Crippen LogP contribution in [0.3, 0.4) is 0 Å². The Bertz CT molecular complexity index is 556. The van der Waals surface area contributed by atoms with E-state index in [0.717, 1.165) is 6.07 Å². The first-order valence-electron chi connectivity index (χ1n) is 4.06. The van der Waals surface area contributed by atoms with Crippen LogP contribution in [0.1, 0.15) is 10.4 Å². The van der Waals surface area contributed by atoms with Gasteiger partial charge in [-0.3, -0.25) is 4.98 Å². The number of carboxylic acid groups (broad SMARTS) is 1. The van der Waals surface area contributed by atoms with E-state index in [-0.39, 0.29) is 10.6 Å². The quantitative estimate of drug-likeness (QED) is 0.812. The van der Waals surface area contributed by atoms with Gasteiger partial charge in [-0.15, -0.1) is 0 Å². The van der Waals surface area contributed by atoms with E-state index in [1.165, 1.54) is 18.3 Å². The molecule has 76 valence electrons. The van der Waals surface area contributed by atoms with Gasteiger partial charge in [-0.1, -0.05) is 11.6 Å². The largest absolute Gasteiger partial charge is 0.478 e. The molecule has 0 amide bonds. The van der Waals surface area contributed by atoms with Crippen LogP contribution in [0.25, 0.3) is 10.9 Å². The molecule has 0 spiro atoms. The van der Waals surface area contributed by atoms with Crippen molar-refractivity contribution < 1.29 is 14.3 Å². The average molecular weight is 226 g/mol. The molecule has 0 aliphatic rings. The summed E-state index contributed by atoms with van der Waals surface area (Å²) in [7, 11) is 0. The van der Waals surface area contributed by atoms with Crippen molar-refractivity contribution in [2.24, 2.45) is 0 Å². The molecule has 0 aliphatic heterocycles. The molecule has 15 heavy (non-hydrogen) atoms. The van der Waals surface area contributed by atoms with Crippen LogP contribution < -0.4 is 0 Å². The molecule has 0 fully saturated rings. The highest BCUT2D eigenvalue weighted by Crippen LogP contribution is 2.22. The third-order valence-electron chi connectivity index (χ3n) is 1.97. The molecule has 3 nitrogen and oxygen atoms in total. The SMILES string of the molecule is O=C(O)c1cnc2cc(Cl)c(F)cc2c1. The van der Waals surface area contributed by atoms with Gasteiger partial charge in [-0.2, -0.15) is 0 Å². The molecule has 2 rings (SSSR count). The van der Waals surface area contributed by atoms with E-state index in [1.807, 2.05) is 0 Å². The zero-order valence-electron chi connectivity index (χ0n) is 7.37. The predicted molar refractivity (Wildman–Crippen MR) is 53.7 cm³/mol. The molecule has 0 saturated carbocycles. The number of pyridine rings is 1. The second-order valence-electron chi connectivity index (χ2n) is 2.99. The standard InChI is InChI=1S/C10H5ClFNO2/c11-7-3-9-5(2-8(7)12)1-6(4-13-9)10(14)15/h1-4H,(H,14,15). The molecule has 0 bridgehead atoms. The first-order valence-corrected chi connectivity index (χ1v) is 4.44. The number of nitrogens with zero attached hydrogens (tertiary/aromatic N) is 1. The van der Waals surface area contributed by atoms with Crippen molar-refractivity contribution in [2.75, 3.05) is 0 Å². The minimum Gasteiger partial charge on any atom is -0.478 e. The fraction of sp³-hybridized carbons (Fsp3) is 0. The Kier molecular flexibility index (Phi) is 2.28. The van der Waals surface area contributed by atoms with Crippen molar-refractivity contribution in [2.45, 2.75) is 0 Å². The Hall–Kier alpha value is -1.68. The van der Waals surface area contributed by atoms with Gasteiger partial charge >= 0.3 is 5.97 Å². The smallest absolute Gasteiger partial charge is 0.337 e. The molecule has 0 saturated heterocycles. The van der Waals surface area contributed by atoms with Crippen LogP contribution in [0.2, 0.25) is 5.02 Å². The summed E-state index contributed by atoms with van der Waals surface area (Å²) in [5.41, 5.74) is 0.482. The molecule has 0 unspecified atom stereocenters. The van der Waals surface area contributed by atoms with Gasteiger partial charge in [-0.05, 0) is 18.2 Å². The average Bonchev–Trinajstić information content (AvgIpc) is 2.19. The summed E-state index contributed by atoms with van der Waals surface area (Å²) >= 11 is 5.56. The van der Waals surface area contributed by atoms with E-state index in [0.29, 0.717) is 10.9 Å². The minimum atomic E-state index is -1.10. The van der Waals surface area contributed by atoms with Gasteiger partial charge in [0.2, 0.25) is 0 Å². The van der Waals surface area contributed by atoms with Crippen LogP contribution in [0.15, 0.2) is 24.4 Å². The van der Waals surface area contributed by atoms with Gasteiger partial charge < -0.3 is 5.11 Å². The van der Waals surface area contributed by atoms with E-state index < -0.39 is 11.8 Å². The van der Waals surface area contributed by atoms with Crippen molar-refractivity contribution in [3.8, 4) is 0 Å². The fourth-order valence-electron chi connectivity index (χ4n) is 1.24. The highest BCUT2D eigenvalue weighted by molar-refractivity contribution is 6.31. The molecular weight excluding hydrogens is 221 g/mol. The molecule has 1 N–H and O–H groups in total. The lowest BCUT2D eigenvalue weighted by molar-refractivity contribution is 0.0696. The number of halogens is 2. The van der Waals surface area contributed by atoms with E-state index in [9.17, 15) is 9.18 Å². The molecule has 1 aromatic heterocycles. The minimum absolute atomic E-state index is 0.0178. The maximum atomic E-state index is 13.1. The van der Waals surface area contributed by atoms with Crippen LogP contribution in [-0.2, 0) is 0 Å². The third kappa shape index (κ3) is 1.76. The number of benzene rings is 1. The number of fused-ring (bicyclic) bond motifs is 1. The van der Waals surface area contributed by atoms with Crippen molar-refractivity contribution in [1.82, 2.24) is 4.98 Å². The Balaban J connectivity index is 2.72. The van der Waals surface area contributed by atoms with E-state index in [1.54, 1.807) is 0 Å². The Morgan fingerprint density at radius 2 is 2.13 bits per heavy atom. The number of hydrogen-bond acceptors (Lipinski definition) is 2. The van der Waals surface area contributed by atoms with Gasteiger partial charge in [0.1, 0.15) is 5.82 Å². The summed E-state index contributed by atoms with van der Waals surface area (Å²) in [5.74, 6) is -1.69. The summed E-state index contributed by atoms with van der Waals surface area (Å²) in [5, 5.41) is 9.09. The number of carboxylic acids is 1.